The second-order valence-electron chi connectivity index (χ2n) is 3.61. The lowest BCUT2D eigenvalue weighted by molar-refractivity contribution is 0.420. The molecule has 15 heavy (non-hydrogen) atoms. The van der Waals surface area contributed by atoms with Crippen LogP contribution in [0.3, 0.4) is 0 Å². The van der Waals surface area contributed by atoms with Gasteiger partial charge in [-0.05, 0) is 29.5 Å². The summed E-state index contributed by atoms with van der Waals surface area (Å²) in [5, 5.41) is 2.37. The third-order valence-electron chi connectivity index (χ3n) is 2.84. The number of methoxy groups -OCH3 is 1. The second kappa shape index (κ2) is 3.91. The van der Waals surface area contributed by atoms with Crippen LogP contribution in [0.4, 0.5) is 0 Å². The molecule has 0 bridgehead atoms. The van der Waals surface area contributed by atoms with Gasteiger partial charge in [-0.3, -0.25) is 0 Å². The molecule has 0 atom stereocenters. The number of ether oxygens (including phenoxy) is 1. The van der Waals surface area contributed by atoms with E-state index in [9.17, 15) is 0 Å². The maximum atomic E-state index is 5.68. The van der Waals surface area contributed by atoms with E-state index in [1.54, 1.807) is 7.11 Å². The molecule has 2 aromatic carbocycles. The number of benzene rings is 2. The molecule has 0 saturated carbocycles. The van der Waals surface area contributed by atoms with Gasteiger partial charge in [0.1, 0.15) is 5.75 Å². The Hall–Kier alpha value is -1.54. The average molecular weight is 201 g/mol. The summed E-state index contributed by atoms with van der Waals surface area (Å²) in [6, 6.07) is 10.2. The SMILES string of the molecule is COc1cccc2c(C)c(CN)ccc12. The zero-order chi connectivity index (χ0) is 10.8. The van der Waals surface area contributed by atoms with E-state index >= 15 is 0 Å². The van der Waals surface area contributed by atoms with Crippen LogP contribution in [0.25, 0.3) is 10.8 Å². The number of nitrogens with two attached hydrogens (primary N) is 1. The van der Waals surface area contributed by atoms with Crippen LogP contribution in [0.15, 0.2) is 30.3 Å². The molecular formula is C13H15NO. The Bertz CT molecular complexity index is 491. The molecule has 0 aliphatic carbocycles. The molecular weight excluding hydrogens is 186 g/mol. The van der Waals surface area contributed by atoms with E-state index in [1.807, 2.05) is 12.1 Å². The minimum atomic E-state index is 0.582. The van der Waals surface area contributed by atoms with Gasteiger partial charge in [-0.1, -0.05) is 24.3 Å². The van der Waals surface area contributed by atoms with Crippen LogP contribution in [-0.2, 0) is 6.54 Å². The van der Waals surface area contributed by atoms with Gasteiger partial charge in [-0.25, -0.2) is 0 Å². The van der Waals surface area contributed by atoms with Crippen molar-refractivity contribution in [1.29, 1.82) is 0 Å². The molecule has 0 aliphatic heterocycles. The molecule has 0 fully saturated rings. The Morgan fingerprint density at radius 3 is 2.60 bits per heavy atom. The highest BCUT2D eigenvalue weighted by Crippen LogP contribution is 2.29. The molecule has 0 saturated heterocycles. The van der Waals surface area contributed by atoms with Crippen LogP contribution in [0.5, 0.6) is 5.75 Å². The van der Waals surface area contributed by atoms with Crippen LogP contribution < -0.4 is 10.5 Å². The van der Waals surface area contributed by atoms with Crippen LogP contribution in [0.2, 0.25) is 0 Å². The molecule has 78 valence electrons. The zero-order valence-electron chi connectivity index (χ0n) is 9.08. The summed E-state index contributed by atoms with van der Waals surface area (Å²) in [4.78, 5) is 0. The van der Waals surface area contributed by atoms with E-state index in [1.165, 1.54) is 16.5 Å². The summed E-state index contributed by atoms with van der Waals surface area (Å²) in [5.74, 6) is 0.916. The molecule has 0 unspecified atom stereocenters. The van der Waals surface area contributed by atoms with Crippen molar-refractivity contribution >= 4 is 10.8 Å². The van der Waals surface area contributed by atoms with Crippen molar-refractivity contribution in [3.8, 4) is 5.75 Å². The number of hydrogen-bond donors (Lipinski definition) is 1. The van der Waals surface area contributed by atoms with Gasteiger partial charge >= 0.3 is 0 Å². The lowest BCUT2D eigenvalue weighted by Crippen LogP contribution is -1.99. The third-order valence-corrected chi connectivity index (χ3v) is 2.84. The largest absolute Gasteiger partial charge is 0.496 e. The van der Waals surface area contributed by atoms with Crippen LogP contribution >= 0.6 is 0 Å². The standard InChI is InChI=1S/C13H15NO/c1-9-10(8-14)6-7-12-11(9)4-3-5-13(12)15-2/h3-7H,8,14H2,1-2H3. The van der Waals surface area contributed by atoms with Crippen molar-refractivity contribution in [2.45, 2.75) is 13.5 Å². The number of hydrogen-bond acceptors (Lipinski definition) is 2. The summed E-state index contributed by atoms with van der Waals surface area (Å²) >= 11 is 0. The number of aryl methyl sites for hydroxylation is 1. The highest BCUT2D eigenvalue weighted by Gasteiger charge is 2.05. The number of fused-ring (bicyclic) bond motifs is 1. The first-order valence-electron chi connectivity index (χ1n) is 5.03. The molecule has 0 heterocycles. The Morgan fingerprint density at radius 2 is 1.93 bits per heavy atom. The summed E-state index contributed by atoms with van der Waals surface area (Å²) in [6.45, 7) is 2.68. The maximum absolute atomic E-state index is 5.68. The molecule has 0 aliphatic rings. The summed E-state index contributed by atoms with van der Waals surface area (Å²) in [5.41, 5.74) is 8.12. The third kappa shape index (κ3) is 1.57. The van der Waals surface area contributed by atoms with Crippen molar-refractivity contribution < 1.29 is 4.74 Å². The van der Waals surface area contributed by atoms with Gasteiger partial charge in [-0.15, -0.1) is 0 Å². The van der Waals surface area contributed by atoms with Crippen molar-refractivity contribution in [1.82, 2.24) is 0 Å². The summed E-state index contributed by atoms with van der Waals surface area (Å²) < 4.78 is 5.32. The van der Waals surface area contributed by atoms with Crippen LogP contribution in [0.1, 0.15) is 11.1 Å². The van der Waals surface area contributed by atoms with Gasteiger partial charge in [0, 0.05) is 11.9 Å². The van der Waals surface area contributed by atoms with Gasteiger partial charge < -0.3 is 10.5 Å². The molecule has 2 nitrogen and oxygen atoms in total. The van der Waals surface area contributed by atoms with Gasteiger partial charge in [0.05, 0.1) is 7.11 Å². The van der Waals surface area contributed by atoms with Crippen LogP contribution in [-0.4, -0.2) is 7.11 Å². The van der Waals surface area contributed by atoms with Crippen molar-refractivity contribution in [2.24, 2.45) is 5.73 Å². The Balaban J connectivity index is 2.78. The molecule has 0 aromatic heterocycles. The van der Waals surface area contributed by atoms with Crippen molar-refractivity contribution in [3.05, 3.63) is 41.5 Å². The molecule has 2 rings (SSSR count). The first kappa shape index (κ1) is 9.99. The average Bonchev–Trinajstić information content (AvgIpc) is 2.29. The van der Waals surface area contributed by atoms with Gasteiger partial charge in [0.2, 0.25) is 0 Å². The monoisotopic (exact) mass is 201 g/mol. The smallest absolute Gasteiger partial charge is 0.126 e. The Kier molecular flexibility index (Phi) is 2.60. The fourth-order valence-corrected chi connectivity index (χ4v) is 1.92. The number of rotatable bonds is 2. The van der Waals surface area contributed by atoms with Crippen LogP contribution in [0, 0.1) is 6.92 Å². The van der Waals surface area contributed by atoms with E-state index in [2.05, 4.69) is 25.1 Å². The normalized spacial score (nSPS) is 10.6. The predicted molar refractivity (Wildman–Crippen MR) is 63.1 cm³/mol. The fourth-order valence-electron chi connectivity index (χ4n) is 1.92. The van der Waals surface area contributed by atoms with E-state index in [-0.39, 0.29) is 0 Å². The lowest BCUT2D eigenvalue weighted by Gasteiger charge is -2.10. The quantitative estimate of drug-likeness (QED) is 0.810. The molecule has 0 amide bonds. The maximum Gasteiger partial charge on any atom is 0.126 e. The van der Waals surface area contributed by atoms with Crippen molar-refractivity contribution in [2.75, 3.05) is 7.11 Å². The fraction of sp³-hybridized carbons (Fsp3) is 0.231. The topological polar surface area (TPSA) is 35.2 Å². The molecule has 0 radical (unpaired) electrons. The summed E-state index contributed by atoms with van der Waals surface area (Å²) in [7, 11) is 1.70. The van der Waals surface area contributed by atoms with E-state index < -0.39 is 0 Å². The van der Waals surface area contributed by atoms with E-state index in [0.29, 0.717) is 6.54 Å². The first-order valence-corrected chi connectivity index (χ1v) is 5.03. The van der Waals surface area contributed by atoms with Crippen molar-refractivity contribution in [3.63, 3.8) is 0 Å². The lowest BCUT2D eigenvalue weighted by atomic mass is 9.99. The highest BCUT2D eigenvalue weighted by molar-refractivity contribution is 5.91. The molecule has 2 heteroatoms. The summed E-state index contributed by atoms with van der Waals surface area (Å²) in [6.07, 6.45) is 0. The molecule has 2 aromatic rings. The van der Waals surface area contributed by atoms with E-state index in [0.717, 1.165) is 11.1 Å². The molecule has 2 N–H and O–H groups in total. The Morgan fingerprint density at radius 1 is 1.13 bits per heavy atom. The van der Waals surface area contributed by atoms with Gasteiger partial charge in [0.25, 0.3) is 0 Å². The minimum Gasteiger partial charge on any atom is -0.496 e. The predicted octanol–water partition coefficient (Wildman–Crippen LogP) is 2.62. The Labute approximate surface area is 89.7 Å². The van der Waals surface area contributed by atoms with Gasteiger partial charge in [0.15, 0.2) is 0 Å². The first-order chi connectivity index (χ1) is 7.27. The highest BCUT2D eigenvalue weighted by atomic mass is 16.5. The minimum absolute atomic E-state index is 0.582. The van der Waals surface area contributed by atoms with E-state index in [4.69, 9.17) is 10.5 Å². The van der Waals surface area contributed by atoms with Gasteiger partial charge in [-0.2, -0.15) is 0 Å². The zero-order valence-corrected chi connectivity index (χ0v) is 9.08. The molecule has 0 spiro atoms. The second-order valence-corrected chi connectivity index (χ2v) is 3.61.